The van der Waals surface area contributed by atoms with Crippen molar-refractivity contribution in [3.8, 4) is 11.8 Å². The van der Waals surface area contributed by atoms with Crippen molar-refractivity contribution in [2.75, 3.05) is 19.7 Å². The van der Waals surface area contributed by atoms with Crippen LogP contribution in [0, 0.1) is 17.7 Å². The number of hydrogen-bond acceptors (Lipinski definition) is 3. The number of piperidine rings is 1. The molecule has 19 heavy (non-hydrogen) atoms. The summed E-state index contributed by atoms with van der Waals surface area (Å²) >= 11 is 0. The van der Waals surface area contributed by atoms with E-state index in [9.17, 15) is 9.50 Å². The van der Waals surface area contributed by atoms with E-state index in [1.54, 1.807) is 0 Å². The molecule has 0 aromatic heterocycles. The van der Waals surface area contributed by atoms with Crippen LogP contribution in [-0.2, 0) is 6.54 Å². The number of rotatable bonds is 2. The van der Waals surface area contributed by atoms with Crippen LogP contribution in [0.4, 0.5) is 4.39 Å². The Morgan fingerprint density at radius 1 is 1.37 bits per heavy atom. The van der Waals surface area contributed by atoms with Gasteiger partial charge in [0.25, 0.3) is 0 Å². The monoisotopic (exact) mass is 263 g/mol. The van der Waals surface area contributed by atoms with Gasteiger partial charge < -0.3 is 10.2 Å². The van der Waals surface area contributed by atoms with E-state index in [0.717, 1.165) is 24.9 Å². The zero-order valence-electron chi connectivity index (χ0n) is 10.8. The van der Waals surface area contributed by atoms with Gasteiger partial charge in [0, 0.05) is 18.7 Å². The number of halogens is 1. The van der Waals surface area contributed by atoms with Crippen LogP contribution in [0.15, 0.2) is 18.2 Å². The normalized spacial score (nSPS) is 19.8. The van der Waals surface area contributed by atoms with Crippen molar-refractivity contribution in [2.45, 2.75) is 25.5 Å². The lowest BCUT2D eigenvalue weighted by Crippen LogP contribution is -2.37. The highest BCUT2D eigenvalue weighted by atomic mass is 19.1. The van der Waals surface area contributed by atoms with Crippen LogP contribution in [0.2, 0.25) is 0 Å². The minimum absolute atomic E-state index is 0.232. The van der Waals surface area contributed by atoms with Crippen molar-refractivity contribution in [1.82, 2.24) is 4.90 Å². The molecule has 1 fully saturated rings. The summed E-state index contributed by atoms with van der Waals surface area (Å²) in [5.74, 6) is 4.91. The molecule has 3 nitrogen and oxygen atoms in total. The van der Waals surface area contributed by atoms with Crippen molar-refractivity contribution in [2.24, 2.45) is 0 Å². The zero-order valence-corrected chi connectivity index (χ0v) is 10.8. The van der Waals surface area contributed by atoms with Crippen LogP contribution in [0.25, 0.3) is 0 Å². The van der Waals surface area contributed by atoms with Gasteiger partial charge in [-0.25, -0.2) is 4.39 Å². The SMILES string of the molecule is OCC#Cc1cc(F)cc(CN2CCCC(O)C2)c1. The third-order valence-corrected chi connectivity index (χ3v) is 3.16. The molecule has 0 aliphatic carbocycles. The third-order valence-electron chi connectivity index (χ3n) is 3.16. The van der Waals surface area contributed by atoms with Crippen LogP contribution in [0.5, 0.6) is 0 Å². The fourth-order valence-corrected chi connectivity index (χ4v) is 2.39. The lowest BCUT2D eigenvalue weighted by atomic mass is 10.1. The molecule has 1 aromatic rings. The molecule has 4 heteroatoms. The van der Waals surface area contributed by atoms with Gasteiger partial charge in [-0.05, 0) is 43.1 Å². The Morgan fingerprint density at radius 3 is 2.95 bits per heavy atom. The third kappa shape index (κ3) is 4.32. The summed E-state index contributed by atoms with van der Waals surface area (Å²) < 4.78 is 13.5. The van der Waals surface area contributed by atoms with E-state index in [1.165, 1.54) is 12.1 Å². The van der Waals surface area contributed by atoms with Crippen molar-refractivity contribution in [3.63, 3.8) is 0 Å². The quantitative estimate of drug-likeness (QED) is 0.786. The fourth-order valence-electron chi connectivity index (χ4n) is 2.39. The molecule has 1 unspecified atom stereocenters. The van der Waals surface area contributed by atoms with E-state index in [-0.39, 0.29) is 18.5 Å². The molecule has 2 rings (SSSR count). The average Bonchev–Trinajstić information content (AvgIpc) is 2.35. The van der Waals surface area contributed by atoms with E-state index >= 15 is 0 Å². The van der Waals surface area contributed by atoms with Crippen molar-refractivity contribution in [3.05, 3.63) is 35.1 Å². The molecule has 0 amide bonds. The summed E-state index contributed by atoms with van der Waals surface area (Å²) in [5.41, 5.74) is 1.41. The predicted octanol–water partition coefficient (Wildman–Crippen LogP) is 1.13. The highest BCUT2D eigenvalue weighted by Gasteiger charge is 2.17. The maximum Gasteiger partial charge on any atom is 0.124 e. The molecule has 0 bridgehead atoms. The molecule has 1 atom stereocenters. The minimum Gasteiger partial charge on any atom is -0.392 e. The smallest absolute Gasteiger partial charge is 0.124 e. The first kappa shape index (κ1) is 14.0. The molecular formula is C15H18FNO2. The van der Waals surface area contributed by atoms with Crippen LogP contribution < -0.4 is 0 Å². The summed E-state index contributed by atoms with van der Waals surface area (Å²) in [6.45, 7) is 1.94. The molecule has 1 aliphatic heterocycles. The summed E-state index contributed by atoms with van der Waals surface area (Å²) in [6, 6.07) is 4.68. The largest absolute Gasteiger partial charge is 0.392 e. The maximum absolute atomic E-state index is 13.5. The Bertz CT molecular complexity index is 493. The van der Waals surface area contributed by atoms with Crippen LogP contribution in [-0.4, -0.2) is 40.9 Å². The van der Waals surface area contributed by atoms with E-state index in [0.29, 0.717) is 18.7 Å². The van der Waals surface area contributed by atoms with Crippen molar-refractivity contribution >= 4 is 0 Å². The van der Waals surface area contributed by atoms with Gasteiger partial charge in [-0.1, -0.05) is 11.8 Å². The summed E-state index contributed by atoms with van der Waals surface area (Å²) in [7, 11) is 0. The highest BCUT2D eigenvalue weighted by Crippen LogP contribution is 2.15. The van der Waals surface area contributed by atoms with Crippen molar-refractivity contribution in [1.29, 1.82) is 0 Å². The second-order valence-corrected chi connectivity index (χ2v) is 4.84. The first-order valence-corrected chi connectivity index (χ1v) is 6.47. The Balaban J connectivity index is 2.09. The summed E-state index contributed by atoms with van der Waals surface area (Å²) in [5, 5.41) is 18.3. The number of aliphatic hydroxyl groups excluding tert-OH is 2. The molecule has 0 spiro atoms. The number of hydrogen-bond donors (Lipinski definition) is 2. The lowest BCUT2D eigenvalue weighted by Gasteiger charge is -2.30. The molecular weight excluding hydrogens is 245 g/mol. The molecule has 0 radical (unpaired) electrons. The van der Waals surface area contributed by atoms with Gasteiger partial charge in [0.2, 0.25) is 0 Å². The number of likely N-dealkylation sites (tertiary alicyclic amines) is 1. The second kappa shape index (κ2) is 6.67. The molecule has 1 saturated heterocycles. The number of aliphatic hydroxyl groups is 2. The van der Waals surface area contributed by atoms with Gasteiger partial charge >= 0.3 is 0 Å². The van der Waals surface area contributed by atoms with Crippen LogP contribution in [0.3, 0.4) is 0 Å². The van der Waals surface area contributed by atoms with Gasteiger partial charge in [-0.3, -0.25) is 4.90 Å². The maximum atomic E-state index is 13.5. The minimum atomic E-state index is -0.322. The summed E-state index contributed by atoms with van der Waals surface area (Å²) in [6.07, 6.45) is 1.52. The van der Waals surface area contributed by atoms with Gasteiger partial charge in [0.15, 0.2) is 0 Å². The molecule has 1 heterocycles. The van der Waals surface area contributed by atoms with E-state index in [1.807, 2.05) is 6.07 Å². The Hall–Kier alpha value is -1.41. The zero-order chi connectivity index (χ0) is 13.7. The summed E-state index contributed by atoms with van der Waals surface area (Å²) in [4.78, 5) is 2.12. The number of benzene rings is 1. The highest BCUT2D eigenvalue weighted by molar-refractivity contribution is 5.37. The Labute approximate surface area is 112 Å². The standard InChI is InChI=1S/C15H18FNO2/c16-14-8-12(3-2-6-18)7-13(9-14)10-17-5-1-4-15(19)11-17/h7-9,15,18-19H,1,4-6,10-11H2. The fraction of sp³-hybridized carbons (Fsp3) is 0.467. The molecule has 0 saturated carbocycles. The molecule has 1 aliphatic rings. The lowest BCUT2D eigenvalue weighted by molar-refractivity contribution is 0.0668. The first-order chi connectivity index (χ1) is 9.17. The van der Waals surface area contributed by atoms with Gasteiger partial charge in [-0.15, -0.1) is 0 Å². The van der Waals surface area contributed by atoms with Gasteiger partial charge in [0.1, 0.15) is 12.4 Å². The van der Waals surface area contributed by atoms with Gasteiger partial charge in [-0.2, -0.15) is 0 Å². The average molecular weight is 263 g/mol. The second-order valence-electron chi connectivity index (χ2n) is 4.84. The van der Waals surface area contributed by atoms with Crippen molar-refractivity contribution < 1.29 is 14.6 Å². The molecule has 102 valence electrons. The Kier molecular flexibility index (Phi) is 4.92. The Morgan fingerprint density at radius 2 is 2.21 bits per heavy atom. The van der Waals surface area contributed by atoms with Crippen LogP contribution in [0.1, 0.15) is 24.0 Å². The van der Waals surface area contributed by atoms with Crippen LogP contribution >= 0.6 is 0 Å². The topological polar surface area (TPSA) is 43.7 Å². The van der Waals surface area contributed by atoms with E-state index in [4.69, 9.17) is 5.11 Å². The predicted molar refractivity (Wildman–Crippen MR) is 70.9 cm³/mol. The number of nitrogens with zero attached hydrogens (tertiary/aromatic N) is 1. The first-order valence-electron chi connectivity index (χ1n) is 6.47. The molecule has 2 N–H and O–H groups in total. The van der Waals surface area contributed by atoms with E-state index in [2.05, 4.69) is 16.7 Å². The van der Waals surface area contributed by atoms with Gasteiger partial charge in [0.05, 0.1) is 6.10 Å². The molecule has 1 aromatic carbocycles. The van der Waals surface area contributed by atoms with E-state index < -0.39 is 0 Å². The number of β-amino-alcohol motifs (C(OH)–C–C–N with tert-alkyl or cyclic N) is 1.